The topological polar surface area (TPSA) is 55.4 Å². The summed E-state index contributed by atoms with van der Waals surface area (Å²) in [5.74, 6) is -1.50. The summed E-state index contributed by atoms with van der Waals surface area (Å²) >= 11 is 1.32. The number of amides is 1. The number of carbonyl (C=O) groups excluding carboxylic acids is 2. The molecule has 23 heavy (non-hydrogen) atoms. The van der Waals surface area contributed by atoms with E-state index in [1.807, 2.05) is 30.3 Å². The maximum atomic E-state index is 13.6. The van der Waals surface area contributed by atoms with Gasteiger partial charge in [0.2, 0.25) is 0 Å². The molecule has 0 aliphatic carbocycles. The molecule has 0 aromatic heterocycles. The van der Waals surface area contributed by atoms with E-state index in [9.17, 15) is 14.0 Å². The molecule has 4 nitrogen and oxygen atoms in total. The van der Waals surface area contributed by atoms with E-state index in [0.29, 0.717) is 0 Å². The predicted molar refractivity (Wildman–Crippen MR) is 87.9 cm³/mol. The number of anilines is 1. The molecule has 0 fully saturated rings. The standard InChI is InChI=1S/C17H16FNO3S/c1-12-7-8-15(14(18)9-12)19-16(20)10-22-17(21)11-23-13-5-3-2-4-6-13/h2-9H,10-11H2,1H3,(H,19,20). The second-order valence-electron chi connectivity index (χ2n) is 4.79. The van der Waals surface area contributed by atoms with E-state index in [-0.39, 0.29) is 11.4 Å². The molecule has 0 spiro atoms. The first-order valence-corrected chi connectivity index (χ1v) is 7.92. The van der Waals surface area contributed by atoms with Gasteiger partial charge in [0.1, 0.15) is 5.82 Å². The van der Waals surface area contributed by atoms with Gasteiger partial charge in [0.05, 0.1) is 11.4 Å². The van der Waals surface area contributed by atoms with Gasteiger partial charge in [-0.05, 0) is 36.8 Å². The number of carbonyl (C=O) groups is 2. The maximum absolute atomic E-state index is 13.6. The van der Waals surface area contributed by atoms with E-state index >= 15 is 0 Å². The molecule has 1 N–H and O–H groups in total. The molecule has 2 rings (SSSR count). The van der Waals surface area contributed by atoms with Crippen molar-refractivity contribution in [2.24, 2.45) is 0 Å². The van der Waals surface area contributed by atoms with Crippen molar-refractivity contribution in [1.82, 2.24) is 0 Å². The second-order valence-corrected chi connectivity index (χ2v) is 5.84. The fraction of sp³-hybridized carbons (Fsp3) is 0.176. The van der Waals surface area contributed by atoms with Crippen molar-refractivity contribution in [3.05, 3.63) is 59.9 Å². The molecule has 0 aliphatic heterocycles. The van der Waals surface area contributed by atoms with Crippen LogP contribution in [-0.2, 0) is 14.3 Å². The van der Waals surface area contributed by atoms with Crippen molar-refractivity contribution >= 4 is 29.3 Å². The van der Waals surface area contributed by atoms with Gasteiger partial charge in [0.15, 0.2) is 6.61 Å². The van der Waals surface area contributed by atoms with Crippen molar-refractivity contribution < 1.29 is 18.7 Å². The SMILES string of the molecule is Cc1ccc(NC(=O)COC(=O)CSc2ccccc2)c(F)c1. The first-order valence-electron chi connectivity index (χ1n) is 6.94. The van der Waals surface area contributed by atoms with Crippen LogP contribution < -0.4 is 5.32 Å². The lowest BCUT2D eigenvalue weighted by Crippen LogP contribution is -2.22. The highest BCUT2D eigenvalue weighted by atomic mass is 32.2. The Bertz CT molecular complexity index is 691. The second kappa shape index (κ2) is 8.33. The molecule has 6 heteroatoms. The highest BCUT2D eigenvalue weighted by molar-refractivity contribution is 8.00. The van der Waals surface area contributed by atoms with E-state index in [4.69, 9.17) is 4.74 Å². The smallest absolute Gasteiger partial charge is 0.316 e. The van der Waals surface area contributed by atoms with Crippen LogP contribution >= 0.6 is 11.8 Å². The van der Waals surface area contributed by atoms with Gasteiger partial charge in [-0.25, -0.2) is 4.39 Å². The molecule has 0 bridgehead atoms. The molecule has 0 aliphatic rings. The number of benzene rings is 2. The molecular weight excluding hydrogens is 317 g/mol. The number of nitrogens with one attached hydrogen (secondary N) is 1. The molecule has 0 heterocycles. The molecule has 1 amide bonds. The molecule has 2 aromatic rings. The van der Waals surface area contributed by atoms with Gasteiger partial charge in [-0.2, -0.15) is 0 Å². The number of thioether (sulfide) groups is 1. The van der Waals surface area contributed by atoms with Gasteiger partial charge in [-0.15, -0.1) is 11.8 Å². The van der Waals surface area contributed by atoms with E-state index in [1.54, 1.807) is 13.0 Å². The Morgan fingerprint density at radius 2 is 1.91 bits per heavy atom. The third-order valence-corrected chi connectivity index (χ3v) is 3.85. The summed E-state index contributed by atoms with van der Waals surface area (Å²) in [5.41, 5.74) is 0.820. The lowest BCUT2D eigenvalue weighted by atomic mass is 10.2. The molecule has 0 unspecified atom stereocenters. The average Bonchev–Trinajstić information content (AvgIpc) is 2.54. The van der Waals surface area contributed by atoms with Crippen molar-refractivity contribution in [3.8, 4) is 0 Å². The van der Waals surface area contributed by atoms with E-state index < -0.39 is 24.3 Å². The van der Waals surface area contributed by atoms with Crippen LogP contribution in [0.3, 0.4) is 0 Å². The van der Waals surface area contributed by atoms with Gasteiger partial charge in [-0.1, -0.05) is 24.3 Å². The largest absolute Gasteiger partial charge is 0.455 e. The Kier molecular flexibility index (Phi) is 6.17. The highest BCUT2D eigenvalue weighted by Gasteiger charge is 2.10. The van der Waals surface area contributed by atoms with Gasteiger partial charge in [-0.3, -0.25) is 9.59 Å². The number of halogens is 1. The minimum atomic E-state index is -0.578. The van der Waals surface area contributed by atoms with Gasteiger partial charge in [0, 0.05) is 4.90 Å². The number of hydrogen-bond acceptors (Lipinski definition) is 4. The van der Waals surface area contributed by atoms with E-state index in [0.717, 1.165) is 10.5 Å². The molecule has 2 aromatic carbocycles. The molecular formula is C17H16FNO3S. The third kappa shape index (κ3) is 5.75. The highest BCUT2D eigenvalue weighted by Crippen LogP contribution is 2.17. The summed E-state index contributed by atoms with van der Waals surface area (Å²) in [4.78, 5) is 24.2. The normalized spacial score (nSPS) is 10.2. The number of ether oxygens (including phenoxy) is 1. The zero-order valence-electron chi connectivity index (χ0n) is 12.5. The zero-order valence-corrected chi connectivity index (χ0v) is 13.4. The van der Waals surface area contributed by atoms with Gasteiger partial charge in [0.25, 0.3) is 5.91 Å². The van der Waals surface area contributed by atoms with Crippen LogP contribution in [0.5, 0.6) is 0 Å². The van der Waals surface area contributed by atoms with Crippen LogP contribution in [0.2, 0.25) is 0 Å². The monoisotopic (exact) mass is 333 g/mol. The van der Waals surface area contributed by atoms with Crippen LogP contribution in [0.1, 0.15) is 5.56 Å². The van der Waals surface area contributed by atoms with Crippen molar-refractivity contribution in [1.29, 1.82) is 0 Å². The summed E-state index contributed by atoms with van der Waals surface area (Å²) in [5, 5.41) is 2.37. The molecule has 120 valence electrons. The zero-order chi connectivity index (χ0) is 16.7. The van der Waals surface area contributed by atoms with Crippen molar-refractivity contribution in [3.63, 3.8) is 0 Å². The minimum absolute atomic E-state index is 0.0651. The molecule has 0 radical (unpaired) electrons. The fourth-order valence-electron chi connectivity index (χ4n) is 1.75. The average molecular weight is 333 g/mol. The van der Waals surface area contributed by atoms with Crippen molar-refractivity contribution in [2.75, 3.05) is 17.7 Å². The number of hydrogen-bond donors (Lipinski definition) is 1. The third-order valence-electron chi connectivity index (χ3n) is 2.86. The van der Waals surface area contributed by atoms with Crippen LogP contribution in [0.15, 0.2) is 53.4 Å². The van der Waals surface area contributed by atoms with Crippen molar-refractivity contribution in [2.45, 2.75) is 11.8 Å². The Hall–Kier alpha value is -2.34. The number of aryl methyl sites for hydroxylation is 1. The quantitative estimate of drug-likeness (QED) is 0.650. The fourth-order valence-corrected chi connectivity index (χ4v) is 2.47. The summed E-state index contributed by atoms with van der Waals surface area (Å²) in [6.45, 7) is 1.31. The Labute approximate surface area is 138 Å². The van der Waals surface area contributed by atoms with Crippen LogP contribution in [0.4, 0.5) is 10.1 Å². The van der Waals surface area contributed by atoms with Crippen LogP contribution in [0, 0.1) is 12.7 Å². The number of esters is 1. The van der Waals surface area contributed by atoms with E-state index in [2.05, 4.69) is 5.32 Å². The first-order chi connectivity index (χ1) is 11.0. The van der Waals surface area contributed by atoms with Gasteiger partial charge >= 0.3 is 5.97 Å². The first kappa shape index (κ1) is 17.0. The molecule has 0 saturated heterocycles. The molecule has 0 atom stereocenters. The Balaban J connectivity index is 1.74. The summed E-state index contributed by atoms with van der Waals surface area (Å²) in [6.07, 6.45) is 0. The molecule has 0 saturated carbocycles. The summed E-state index contributed by atoms with van der Waals surface area (Å²) < 4.78 is 18.5. The van der Waals surface area contributed by atoms with E-state index in [1.165, 1.54) is 23.9 Å². The minimum Gasteiger partial charge on any atom is -0.455 e. The number of rotatable bonds is 6. The lowest BCUT2D eigenvalue weighted by molar-refractivity contribution is -0.144. The van der Waals surface area contributed by atoms with Crippen LogP contribution in [0.25, 0.3) is 0 Å². The predicted octanol–water partition coefficient (Wildman–Crippen LogP) is 3.41. The van der Waals surface area contributed by atoms with Gasteiger partial charge < -0.3 is 10.1 Å². The Morgan fingerprint density at radius 3 is 2.61 bits per heavy atom. The lowest BCUT2D eigenvalue weighted by Gasteiger charge is -2.08. The summed E-state index contributed by atoms with van der Waals surface area (Å²) in [6, 6.07) is 13.9. The summed E-state index contributed by atoms with van der Waals surface area (Å²) in [7, 11) is 0. The van der Waals surface area contributed by atoms with Crippen LogP contribution in [-0.4, -0.2) is 24.2 Å². The maximum Gasteiger partial charge on any atom is 0.316 e. The Morgan fingerprint density at radius 1 is 1.17 bits per heavy atom.